The second-order valence-corrected chi connectivity index (χ2v) is 6.15. The molecule has 2 N–H and O–H groups in total. The van der Waals surface area contributed by atoms with E-state index in [-0.39, 0.29) is 11.8 Å². The van der Waals surface area contributed by atoms with E-state index in [0.717, 1.165) is 25.9 Å². The molecule has 2 aliphatic rings. The SMILES string of the molecule is C[C@H](CN)C(=O)N1CCC(C)(N2CCCC2)CC1. The zero-order chi connectivity index (χ0) is 13.2. The van der Waals surface area contributed by atoms with Gasteiger partial charge in [-0.25, -0.2) is 0 Å². The molecule has 4 nitrogen and oxygen atoms in total. The van der Waals surface area contributed by atoms with Crippen molar-refractivity contribution in [3.63, 3.8) is 0 Å². The van der Waals surface area contributed by atoms with E-state index in [4.69, 9.17) is 5.73 Å². The summed E-state index contributed by atoms with van der Waals surface area (Å²) < 4.78 is 0. The van der Waals surface area contributed by atoms with Gasteiger partial charge in [-0.15, -0.1) is 0 Å². The number of piperidine rings is 1. The summed E-state index contributed by atoms with van der Waals surface area (Å²) >= 11 is 0. The quantitative estimate of drug-likeness (QED) is 0.818. The number of nitrogens with zero attached hydrogens (tertiary/aromatic N) is 2. The van der Waals surface area contributed by atoms with Crippen LogP contribution in [0.3, 0.4) is 0 Å². The summed E-state index contributed by atoms with van der Waals surface area (Å²) in [5, 5.41) is 0. The van der Waals surface area contributed by atoms with Gasteiger partial charge >= 0.3 is 0 Å². The molecule has 1 atom stereocenters. The van der Waals surface area contributed by atoms with Gasteiger partial charge in [-0.05, 0) is 45.7 Å². The fourth-order valence-corrected chi connectivity index (χ4v) is 3.19. The third-order valence-electron chi connectivity index (χ3n) is 4.80. The first-order valence-electron chi connectivity index (χ1n) is 7.31. The maximum Gasteiger partial charge on any atom is 0.226 e. The van der Waals surface area contributed by atoms with Crippen LogP contribution in [0.5, 0.6) is 0 Å². The van der Waals surface area contributed by atoms with Crippen LogP contribution in [0.25, 0.3) is 0 Å². The molecule has 18 heavy (non-hydrogen) atoms. The van der Waals surface area contributed by atoms with E-state index in [1.807, 2.05) is 11.8 Å². The zero-order valence-electron chi connectivity index (χ0n) is 11.8. The van der Waals surface area contributed by atoms with Crippen molar-refractivity contribution < 1.29 is 4.79 Å². The molecule has 2 fully saturated rings. The Hall–Kier alpha value is -0.610. The summed E-state index contributed by atoms with van der Waals surface area (Å²) in [6.07, 6.45) is 4.89. The van der Waals surface area contributed by atoms with E-state index in [1.165, 1.54) is 25.9 Å². The molecule has 4 heteroatoms. The number of likely N-dealkylation sites (tertiary alicyclic amines) is 2. The minimum atomic E-state index is -0.0267. The fourth-order valence-electron chi connectivity index (χ4n) is 3.19. The van der Waals surface area contributed by atoms with Gasteiger partial charge < -0.3 is 10.6 Å². The van der Waals surface area contributed by atoms with Crippen LogP contribution in [0.15, 0.2) is 0 Å². The summed E-state index contributed by atoms with van der Waals surface area (Å²) in [5.74, 6) is 0.210. The van der Waals surface area contributed by atoms with Gasteiger partial charge in [0.05, 0.1) is 0 Å². The summed E-state index contributed by atoms with van der Waals surface area (Å²) in [6, 6.07) is 0. The normalized spacial score (nSPS) is 26.3. The van der Waals surface area contributed by atoms with E-state index in [2.05, 4.69) is 11.8 Å². The van der Waals surface area contributed by atoms with Crippen LogP contribution in [-0.4, -0.2) is 54.0 Å². The highest BCUT2D eigenvalue weighted by Crippen LogP contribution is 2.31. The molecular formula is C14H27N3O. The minimum absolute atomic E-state index is 0.0267. The molecule has 0 aliphatic carbocycles. The zero-order valence-corrected chi connectivity index (χ0v) is 11.8. The molecule has 104 valence electrons. The number of nitrogens with two attached hydrogens (primary N) is 1. The van der Waals surface area contributed by atoms with Crippen LogP contribution in [0.1, 0.15) is 39.5 Å². The van der Waals surface area contributed by atoms with Gasteiger partial charge in [-0.1, -0.05) is 6.92 Å². The lowest BCUT2D eigenvalue weighted by Crippen LogP contribution is -2.54. The molecule has 0 aromatic carbocycles. The Labute approximate surface area is 110 Å². The molecular weight excluding hydrogens is 226 g/mol. The average molecular weight is 253 g/mol. The first-order chi connectivity index (χ1) is 8.57. The minimum Gasteiger partial charge on any atom is -0.342 e. The van der Waals surface area contributed by atoms with Crippen molar-refractivity contribution in [3.8, 4) is 0 Å². The van der Waals surface area contributed by atoms with E-state index in [0.29, 0.717) is 12.1 Å². The molecule has 0 aromatic rings. The number of hydrogen-bond acceptors (Lipinski definition) is 3. The standard InChI is InChI=1S/C14H27N3O/c1-12(11-15)13(18)16-9-5-14(2,6-10-16)17-7-3-4-8-17/h12H,3-11,15H2,1-2H3/t12-/m1/s1. The lowest BCUT2D eigenvalue weighted by Gasteiger charge is -2.45. The van der Waals surface area contributed by atoms with Gasteiger partial charge in [0.25, 0.3) is 0 Å². The molecule has 0 saturated carbocycles. The van der Waals surface area contributed by atoms with Crippen LogP contribution in [0, 0.1) is 5.92 Å². The summed E-state index contributed by atoms with van der Waals surface area (Å²) in [5.41, 5.74) is 5.90. The Kier molecular flexibility index (Phi) is 4.28. The second-order valence-electron chi connectivity index (χ2n) is 6.15. The van der Waals surface area contributed by atoms with E-state index >= 15 is 0 Å². The fraction of sp³-hybridized carbons (Fsp3) is 0.929. The first-order valence-corrected chi connectivity index (χ1v) is 7.31. The largest absolute Gasteiger partial charge is 0.342 e. The molecule has 0 spiro atoms. The Bertz CT molecular complexity index is 291. The van der Waals surface area contributed by atoms with Crippen molar-refractivity contribution in [2.75, 3.05) is 32.7 Å². The summed E-state index contributed by atoms with van der Waals surface area (Å²) in [7, 11) is 0. The molecule has 1 amide bonds. The van der Waals surface area contributed by atoms with Crippen molar-refractivity contribution in [1.82, 2.24) is 9.80 Å². The summed E-state index contributed by atoms with van der Waals surface area (Å²) in [6.45, 7) is 9.03. The van der Waals surface area contributed by atoms with Gasteiger partial charge in [0.15, 0.2) is 0 Å². The third kappa shape index (κ3) is 2.69. The number of carbonyl (C=O) groups is 1. The number of rotatable bonds is 3. The van der Waals surface area contributed by atoms with Crippen molar-refractivity contribution in [3.05, 3.63) is 0 Å². The maximum absolute atomic E-state index is 12.1. The highest BCUT2D eigenvalue weighted by molar-refractivity contribution is 5.78. The maximum atomic E-state index is 12.1. The van der Waals surface area contributed by atoms with Crippen LogP contribution >= 0.6 is 0 Å². The van der Waals surface area contributed by atoms with Crippen LogP contribution < -0.4 is 5.73 Å². The molecule has 2 rings (SSSR count). The molecule has 2 heterocycles. The Morgan fingerprint density at radius 2 is 1.78 bits per heavy atom. The van der Waals surface area contributed by atoms with Crippen LogP contribution in [-0.2, 0) is 4.79 Å². The van der Waals surface area contributed by atoms with E-state index in [1.54, 1.807) is 0 Å². The van der Waals surface area contributed by atoms with Crippen LogP contribution in [0.2, 0.25) is 0 Å². The third-order valence-corrected chi connectivity index (χ3v) is 4.80. The van der Waals surface area contributed by atoms with E-state index in [9.17, 15) is 4.79 Å². The topological polar surface area (TPSA) is 49.6 Å². The number of hydrogen-bond donors (Lipinski definition) is 1. The smallest absolute Gasteiger partial charge is 0.226 e. The Balaban J connectivity index is 1.89. The molecule has 0 aromatic heterocycles. The molecule has 2 saturated heterocycles. The van der Waals surface area contributed by atoms with Gasteiger partial charge in [0, 0.05) is 31.1 Å². The molecule has 0 radical (unpaired) electrons. The van der Waals surface area contributed by atoms with Crippen molar-refractivity contribution >= 4 is 5.91 Å². The average Bonchev–Trinajstić information content (AvgIpc) is 2.92. The van der Waals surface area contributed by atoms with Crippen molar-refractivity contribution in [1.29, 1.82) is 0 Å². The highest BCUT2D eigenvalue weighted by atomic mass is 16.2. The second kappa shape index (κ2) is 5.57. The Morgan fingerprint density at radius 3 is 2.28 bits per heavy atom. The predicted octanol–water partition coefficient (Wildman–Crippen LogP) is 1.06. The predicted molar refractivity (Wildman–Crippen MR) is 73.2 cm³/mol. The lowest BCUT2D eigenvalue weighted by atomic mass is 9.87. The Morgan fingerprint density at radius 1 is 1.22 bits per heavy atom. The molecule has 0 bridgehead atoms. The number of carbonyl (C=O) groups excluding carboxylic acids is 1. The lowest BCUT2D eigenvalue weighted by molar-refractivity contribution is -0.137. The molecule has 0 unspecified atom stereocenters. The summed E-state index contributed by atoms with van der Waals surface area (Å²) in [4.78, 5) is 16.7. The molecule has 2 aliphatic heterocycles. The monoisotopic (exact) mass is 253 g/mol. The van der Waals surface area contributed by atoms with Crippen molar-refractivity contribution in [2.45, 2.75) is 45.1 Å². The number of amides is 1. The van der Waals surface area contributed by atoms with Gasteiger partial charge in [0.1, 0.15) is 0 Å². The van der Waals surface area contributed by atoms with Crippen molar-refractivity contribution in [2.24, 2.45) is 11.7 Å². The van der Waals surface area contributed by atoms with Gasteiger partial charge in [-0.3, -0.25) is 9.69 Å². The highest BCUT2D eigenvalue weighted by Gasteiger charge is 2.38. The van der Waals surface area contributed by atoms with Gasteiger partial charge in [-0.2, -0.15) is 0 Å². The first kappa shape index (κ1) is 13.8. The van der Waals surface area contributed by atoms with Gasteiger partial charge in [0.2, 0.25) is 5.91 Å². The van der Waals surface area contributed by atoms with E-state index < -0.39 is 0 Å². The van der Waals surface area contributed by atoms with Crippen LogP contribution in [0.4, 0.5) is 0 Å².